The van der Waals surface area contributed by atoms with E-state index in [1.165, 1.54) is 0 Å². The summed E-state index contributed by atoms with van der Waals surface area (Å²) in [5.41, 5.74) is 0.320. The van der Waals surface area contributed by atoms with Crippen LogP contribution >= 0.6 is 11.6 Å². The largest absolute Gasteiger partial charge is 0.444 e. The topological polar surface area (TPSA) is 46.6 Å². The van der Waals surface area contributed by atoms with Gasteiger partial charge in [-0.2, -0.15) is 0 Å². The molecule has 23 heavy (non-hydrogen) atoms. The van der Waals surface area contributed by atoms with E-state index in [-0.39, 0.29) is 17.6 Å². The number of carbonyl (C=O) groups is 2. The average molecular weight is 338 g/mol. The van der Waals surface area contributed by atoms with Gasteiger partial charge in [0.05, 0.1) is 0 Å². The van der Waals surface area contributed by atoms with Gasteiger partial charge in [0.1, 0.15) is 11.9 Å². The molecule has 1 fully saturated rings. The SMILES string of the molecule is CN(C(=O)OC(C)(C)C)C1CC(CC=O)(c2cccc(Cl)c2)C1. The third kappa shape index (κ3) is 4.05. The number of ether oxygens (including phenoxy) is 1. The van der Waals surface area contributed by atoms with Crippen LogP contribution in [-0.2, 0) is 14.9 Å². The van der Waals surface area contributed by atoms with Crippen LogP contribution in [0.4, 0.5) is 4.79 Å². The summed E-state index contributed by atoms with van der Waals surface area (Å²) < 4.78 is 5.41. The smallest absolute Gasteiger partial charge is 0.410 e. The van der Waals surface area contributed by atoms with E-state index in [1.54, 1.807) is 11.9 Å². The summed E-state index contributed by atoms with van der Waals surface area (Å²) >= 11 is 6.08. The van der Waals surface area contributed by atoms with Crippen LogP contribution in [0.1, 0.15) is 45.6 Å². The molecular formula is C18H24ClNO3. The number of halogens is 1. The Morgan fingerprint density at radius 2 is 2.09 bits per heavy atom. The molecule has 1 saturated carbocycles. The van der Waals surface area contributed by atoms with Gasteiger partial charge >= 0.3 is 6.09 Å². The number of amides is 1. The minimum absolute atomic E-state index is 0.0729. The molecule has 1 aromatic carbocycles. The molecule has 2 rings (SSSR count). The third-order valence-corrected chi connectivity index (χ3v) is 4.63. The van der Waals surface area contributed by atoms with E-state index in [0.717, 1.165) is 24.7 Å². The van der Waals surface area contributed by atoms with E-state index in [1.807, 2.05) is 45.0 Å². The Hall–Kier alpha value is -1.55. The zero-order valence-electron chi connectivity index (χ0n) is 14.1. The standard InChI is InChI=1S/C18H24ClNO3/c1-17(2,3)23-16(22)20(4)15-11-18(12-15,8-9-21)13-6-5-7-14(19)10-13/h5-7,9-10,15H,8,11-12H2,1-4H3. The zero-order valence-corrected chi connectivity index (χ0v) is 14.9. The first-order valence-electron chi connectivity index (χ1n) is 7.82. The average Bonchev–Trinajstić information content (AvgIpc) is 2.39. The lowest BCUT2D eigenvalue weighted by Gasteiger charge is -2.50. The molecule has 0 aliphatic heterocycles. The third-order valence-electron chi connectivity index (χ3n) is 4.39. The summed E-state index contributed by atoms with van der Waals surface area (Å²) in [4.78, 5) is 24.9. The van der Waals surface area contributed by atoms with Crippen molar-refractivity contribution in [2.24, 2.45) is 0 Å². The van der Waals surface area contributed by atoms with Crippen molar-refractivity contribution < 1.29 is 14.3 Å². The molecule has 0 saturated heterocycles. The summed E-state index contributed by atoms with van der Waals surface area (Å²) in [7, 11) is 1.75. The Balaban J connectivity index is 2.09. The Kier molecular flexibility index (Phi) is 5.04. The Bertz CT molecular complexity index is 588. The van der Waals surface area contributed by atoms with Crippen molar-refractivity contribution in [2.75, 3.05) is 7.05 Å². The van der Waals surface area contributed by atoms with E-state index in [2.05, 4.69) is 0 Å². The number of nitrogens with zero attached hydrogens (tertiary/aromatic N) is 1. The number of benzene rings is 1. The molecule has 4 nitrogen and oxygen atoms in total. The summed E-state index contributed by atoms with van der Waals surface area (Å²) in [6, 6.07) is 7.70. The Morgan fingerprint density at radius 3 is 2.61 bits per heavy atom. The summed E-state index contributed by atoms with van der Waals surface area (Å²) in [5.74, 6) is 0. The molecule has 0 N–H and O–H groups in total. The lowest BCUT2D eigenvalue weighted by Crippen LogP contribution is -2.54. The maximum absolute atomic E-state index is 12.2. The lowest BCUT2D eigenvalue weighted by molar-refractivity contribution is -0.110. The van der Waals surface area contributed by atoms with Crippen LogP contribution in [0.3, 0.4) is 0 Å². The second kappa shape index (κ2) is 6.52. The van der Waals surface area contributed by atoms with Gasteiger partial charge < -0.3 is 14.4 Å². The first kappa shape index (κ1) is 17.8. The molecule has 0 aromatic heterocycles. The van der Waals surface area contributed by atoms with E-state index in [4.69, 9.17) is 16.3 Å². The van der Waals surface area contributed by atoms with Crippen molar-refractivity contribution in [2.45, 2.75) is 57.1 Å². The van der Waals surface area contributed by atoms with Crippen molar-refractivity contribution in [1.82, 2.24) is 4.90 Å². The number of aldehydes is 1. The molecule has 5 heteroatoms. The fourth-order valence-corrected chi connectivity index (χ4v) is 3.29. The van der Waals surface area contributed by atoms with Crippen molar-refractivity contribution >= 4 is 24.0 Å². The zero-order chi connectivity index (χ0) is 17.3. The molecule has 0 unspecified atom stereocenters. The second-order valence-corrected chi connectivity index (χ2v) is 7.75. The predicted molar refractivity (Wildman–Crippen MR) is 90.8 cm³/mol. The van der Waals surface area contributed by atoms with Crippen LogP contribution in [-0.4, -0.2) is 36.0 Å². The van der Waals surface area contributed by atoms with Gasteiger partial charge in [-0.15, -0.1) is 0 Å². The second-order valence-electron chi connectivity index (χ2n) is 7.31. The van der Waals surface area contributed by atoms with Crippen LogP contribution in [0.2, 0.25) is 5.02 Å². The Morgan fingerprint density at radius 1 is 1.43 bits per heavy atom. The molecule has 0 bridgehead atoms. The van der Waals surface area contributed by atoms with E-state index < -0.39 is 5.60 Å². The normalized spacial score (nSPS) is 23.8. The van der Waals surface area contributed by atoms with Gasteiger partial charge in [-0.05, 0) is 51.3 Å². The van der Waals surface area contributed by atoms with Gasteiger partial charge in [0.25, 0.3) is 0 Å². The summed E-state index contributed by atoms with van der Waals surface area (Å²) in [6.07, 6.45) is 2.54. The van der Waals surface area contributed by atoms with E-state index in [0.29, 0.717) is 11.4 Å². The minimum atomic E-state index is -0.512. The molecule has 1 amide bonds. The van der Waals surface area contributed by atoms with Gasteiger partial charge in [-0.25, -0.2) is 4.79 Å². The maximum atomic E-state index is 12.2. The fraction of sp³-hybridized carbons (Fsp3) is 0.556. The van der Waals surface area contributed by atoms with Crippen molar-refractivity contribution in [3.63, 3.8) is 0 Å². The first-order valence-corrected chi connectivity index (χ1v) is 8.20. The highest BCUT2D eigenvalue weighted by Crippen LogP contribution is 2.48. The highest BCUT2D eigenvalue weighted by atomic mass is 35.5. The molecule has 0 atom stereocenters. The number of hydrogen-bond acceptors (Lipinski definition) is 3. The molecule has 1 aliphatic carbocycles. The fourth-order valence-electron chi connectivity index (χ4n) is 3.10. The predicted octanol–water partition coefficient (Wildman–Crippen LogP) is 4.20. The van der Waals surface area contributed by atoms with Crippen LogP contribution < -0.4 is 0 Å². The van der Waals surface area contributed by atoms with Gasteiger partial charge in [0.2, 0.25) is 0 Å². The lowest BCUT2D eigenvalue weighted by atomic mass is 9.59. The van der Waals surface area contributed by atoms with Crippen LogP contribution in [0.25, 0.3) is 0 Å². The van der Waals surface area contributed by atoms with Crippen LogP contribution in [0.5, 0.6) is 0 Å². The maximum Gasteiger partial charge on any atom is 0.410 e. The van der Waals surface area contributed by atoms with E-state index >= 15 is 0 Å². The minimum Gasteiger partial charge on any atom is -0.444 e. The molecule has 1 aromatic rings. The van der Waals surface area contributed by atoms with Crippen LogP contribution in [0, 0.1) is 0 Å². The highest BCUT2D eigenvalue weighted by molar-refractivity contribution is 6.30. The number of carbonyl (C=O) groups excluding carboxylic acids is 2. The van der Waals surface area contributed by atoms with Crippen molar-refractivity contribution in [3.05, 3.63) is 34.9 Å². The molecule has 1 aliphatic rings. The van der Waals surface area contributed by atoms with Crippen molar-refractivity contribution in [3.8, 4) is 0 Å². The molecule has 0 heterocycles. The molecule has 0 radical (unpaired) electrons. The Labute approximate surface area is 142 Å². The van der Waals surface area contributed by atoms with Gasteiger partial charge in [0.15, 0.2) is 0 Å². The van der Waals surface area contributed by atoms with Gasteiger partial charge in [-0.1, -0.05) is 23.7 Å². The highest BCUT2D eigenvalue weighted by Gasteiger charge is 2.48. The summed E-state index contributed by atoms with van der Waals surface area (Å²) in [5, 5.41) is 0.664. The van der Waals surface area contributed by atoms with Gasteiger partial charge in [-0.3, -0.25) is 0 Å². The first-order chi connectivity index (χ1) is 10.7. The molecular weight excluding hydrogens is 314 g/mol. The summed E-state index contributed by atoms with van der Waals surface area (Å²) in [6.45, 7) is 5.55. The number of rotatable bonds is 4. The quantitative estimate of drug-likeness (QED) is 0.774. The van der Waals surface area contributed by atoms with E-state index in [9.17, 15) is 9.59 Å². The monoisotopic (exact) mass is 337 g/mol. The van der Waals surface area contributed by atoms with Gasteiger partial charge in [0, 0.05) is 29.9 Å². The van der Waals surface area contributed by atoms with Crippen LogP contribution in [0.15, 0.2) is 24.3 Å². The van der Waals surface area contributed by atoms with Crippen molar-refractivity contribution in [1.29, 1.82) is 0 Å². The molecule has 126 valence electrons. The number of hydrogen-bond donors (Lipinski definition) is 0. The molecule has 0 spiro atoms.